The number of aryl methyl sites for hydroxylation is 1. The molecule has 4 N–H and O–H groups in total. The lowest BCUT2D eigenvalue weighted by molar-refractivity contribution is 0.0904. The van der Waals surface area contributed by atoms with E-state index in [0.717, 1.165) is 48.5 Å². The van der Waals surface area contributed by atoms with E-state index in [9.17, 15) is 0 Å². The fraction of sp³-hybridized carbons (Fsp3) is 0.421. The lowest BCUT2D eigenvalue weighted by atomic mass is 10.1. The van der Waals surface area contributed by atoms with Crippen molar-refractivity contribution in [1.29, 1.82) is 0 Å². The maximum absolute atomic E-state index is 6.29. The molecule has 0 spiro atoms. The number of anilines is 2. The highest BCUT2D eigenvalue weighted by atomic mass is 16.5. The lowest BCUT2D eigenvalue weighted by Crippen LogP contribution is -2.28. The number of hydrogen-bond donors (Lipinski definition) is 3. The molecule has 8 heteroatoms. The maximum atomic E-state index is 6.29. The summed E-state index contributed by atoms with van der Waals surface area (Å²) in [5.74, 6) is 1.35. The molecule has 1 aromatic carbocycles. The Kier molecular flexibility index (Phi) is 5.17. The van der Waals surface area contributed by atoms with Crippen molar-refractivity contribution < 1.29 is 4.74 Å². The third kappa shape index (κ3) is 4.01. The Labute approximate surface area is 158 Å². The van der Waals surface area contributed by atoms with E-state index in [4.69, 9.17) is 15.5 Å². The summed E-state index contributed by atoms with van der Waals surface area (Å²) in [6.45, 7) is 2.09. The van der Waals surface area contributed by atoms with Gasteiger partial charge in [0.2, 0.25) is 5.95 Å². The van der Waals surface area contributed by atoms with Crippen LogP contribution in [-0.4, -0.2) is 45.5 Å². The van der Waals surface area contributed by atoms with Crippen LogP contribution in [-0.2, 0) is 11.8 Å². The number of fused-ring (bicyclic) bond motifs is 1. The molecular weight excluding hydrogens is 342 g/mol. The Hall–Kier alpha value is -2.71. The Morgan fingerprint density at radius 3 is 2.78 bits per heavy atom. The number of benzene rings is 1. The number of nitrogens with two attached hydrogens (primary N) is 1. The summed E-state index contributed by atoms with van der Waals surface area (Å²) in [7, 11) is 1.88. The van der Waals surface area contributed by atoms with Gasteiger partial charge in [-0.15, -0.1) is 0 Å². The molecule has 1 atom stereocenters. The van der Waals surface area contributed by atoms with Crippen molar-refractivity contribution in [3.8, 4) is 0 Å². The largest absolute Gasteiger partial charge is 0.381 e. The van der Waals surface area contributed by atoms with Crippen molar-refractivity contribution >= 4 is 22.8 Å². The van der Waals surface area contributed by atoms with E-state index in [1.54, 1.807) is 10.9 Å². The third-order valence-corrected chi connectivity index (χ3v) is 4.86. The molecule has 0 aliphatic carbocycles. The summed E-state index contributed by atoms with van der Waals surface area (Å²) in [4.78, 5) is 9.30. The van der Waals surface area contributed by atoms with Gasteiger partial charge in [-0.25, -0.2) is 0 Å². The van der Waals surface area contributed by atoms with Crippen LogP contribution in [0.5, 0.6) is 0 Å². The molecule has 8 nitrogen and oxygen atoms in total. The maximum Gasteiger partial charge on any atom is 0.226 e. The molecule has 2 aromatic heterocycles. The second kappa shape index (κ2) is 7.89. The van der Waals surface area contributed by atoms with Crippen LogP contribution in [0.15, 0.2) is 36.5 Å². The van der Waals surface area contributed by atoms with Crippen LogP contribution in [0.2, 0.25) is 0 Å². The van der Waals surface area contributed by atoms with E-state index >= 15 is 0 Å². The fourth-order valence-electron chi connectivity index (χ4n) is 3.27. The number of nitrogens with one attached hydrogen (secondary N) is 2. The van der Waals surface area contributed by atoms with Crippen LogP contribution in [0, 0.1) is 0 Å². The normalized spacial score (nSPS) is 16.4. The summed E-state index contributed by atoms with van der Waals surface area (Å²) in [5.41, 5.74) is 8.15. The molecule has 1 aliphatic rings. The number of aromatic nitrogens is 4. The molecule has 0 radical (unpaired) electrons. The number of ether oxygens (including phenoxy) is 1. The van der Waals surface area contributed by atoms with E-state index in [1.165, 1.54) is 0 Å². The van der Waals surface area contributed by atoms with Gasteiger partial charge in [0, 0.05) is 38.9 Å². The van der Waals surface area contributed by atoms with Gasteiger partial charge in [-0.3, -0.25) is 4.68 Å². The zero-order chi connectivity index (χ0) is 18.6. The van der Waals surface area contributed by atoms with E-state index in [-0.39, 0.29) is 6.04 Å². The third-order valence-electron chi connectivity index (χ3n) is 4.86. The molecule has 3 aromatic rings. The smallest absolute Gasteiger partial charge is 0.226 e. The van der Waals surface area contributed by atoms with E-state index in [0.29, 0.717) is 18.5 Å². The predicted octanol–water partition coefficient (Wildman–Crippen LogP) is 2.07. The highest BCUT2D eigenvalue weighted by Crippen LogP contribution is 2.24. The second-order valence-electron chi connectivity index (χ2n) is 6.83. The van der Waals surface area contributed by atoms with Gasteiger partial charge in [0.25, 0.3) is 0 Å². The number of nitrogens with zero attached hydrogens (tertiary/aromatic N) is 4. The quantitative estimate of drug-likeness (QED) is 0.613. The Bertz CT molecular complexity index is 890. The fourth-order valence-corrected chi connectivity index (χ4v) is 3.27. The molecule has 142 valence electrons. The first-order chi connectivity index (χ1) is 13.2. The van der Waals surface area contributed by atoms with E-state index in [1.807, 2.05) is 37.4 Å². The zero-order valence-corrected chi connectivity index (χ0v) is 15.4. The molecule has 0 saturated carbocycles. The van der Waals surface area contributed by atoms with Crippen molar-refractivity contribution in [3.05, 3.63) is 42.1 Å². The van der Waals surface area contributed by atoms with Gasteiger partial charge in [0.05, 0.1) is 11.6 Å². The minimum Gasteiger partial charge on any atom is -0.381 e. The summed E-state index contributed by atoms with van der Waals surface area (Å²) in [6, 6.07) is 10.2. The van der Waals surface area contributed by atoms with E-state index in [2.05, 4.69) is 20.7 Å². The van der Waals surface area contributed by atoms with Gasteiger partial charge in [0.15, 0.2) is 5.65 Å². The minimum atomic E-state index is -0.135. The number of hydrogen-bond acceptors (Lipinski definition) is 7. The SMILES string of the molecule is Cn1ncc2c(NC3CCOCC3)nc(NC[C@H](N)c3ccccc3)nc21. The molecule has 1 fully saturated rings. The zero-order valence-electron chi connectivity index (χ0n) is 15.4. The van der Waals surface area contributed by atoms with Crippen LogP contribution in [0.3, 0.4) is 0 Å². The molecule has 3 heterocycles. The highest BCUT2D eigenvalue weighted by molar-refractivity contribution is 5.87. The summed E-state index contributed by atoms with van der Waals surface area (Å²) in [5, 5.41) is 12.1. The van der Waals surface area contributed by atoms with Crippen molar-refractivity contribution in [2.75, 3.05) is 30.4 Å². The molecule has 1 aliphatic heterocycles. The Morgan fingerprint density at radius 1 is 1.22 bits per heavy atom. The van der Waals surface area contributed by atoms with Gasteiger partial charge in [-0.2, -0.15) is 15.1 Å². The first-order valence-electron chi connectivity index (χ1n) is 9.29. The van der Waals surface area contributed by atoms with Crippen LogP contribution >= 0.6 is 0 Å². The average Bonchev–Trinajstić information content (AvgIpc) is 3.09. The average molecular weight is 367 g/mol. The van der Waals surface area contributed by atoms with Gasteiger partial charge < -0.3 is 21.1 Å². The van der Waals surface area contributed by atoms with E-state index < -0.39 is 0 Å². The van der Waals surface area contributed by atoms with Crippen LogP contribution in [0.1, 0.15) is 24.4 Å². The first kappa shape index (κ1) is 17.7. The topological polar surface area (TPSA) is 103 Å². The minimum absolute atomic E-state index is 0.135. The predicted molar refractivity (Wildman–Crippen MR) is 106 cm³/mol. The molecule has 4 rings (SSSR count). The van der Waals surface area contributed by atoms with Gasteiger partial charge in [-0.1, -0.05) is 30.3 Å². The van der Waals surface area contributed by atoms with Gasteiger partial charge in [-0.05, 0) is 18.4 Å². The summed E-state index contributed by atoms with van der Waals surface area (Å²) in [6.07, 6.45) is 3.73. The van der Waals surface area contributed by atoms with Crippen LogP contribution in [0.25, 0.3) is 11.0 Å². The molecular formula is C19H25N7O. The van der Waals surface area contributed by atoms with Crippen molar-refractivity contribution in [1.82, 2.24) is 19.7 Å². The van der Waals surface area contributed by atoms with Gasteiger partial charge in [0.1, 0.15) is 5.82 Å². The lowest BCUT2D eigenvalue weighted by Gasteiger charge is -2.24. The van der Waals surface area contributed by atoms with Crippen molar-refractivity contribution in [2.45, 2.75) is 24.9 Å². The standard InChI is InChI=1S/C19H25N7O/c1-26-18-15(11-22-26)17(23-14-7-9-27-10-8-14)24-19(25-18)21-12-16(20)13-5-3-2-4-6-13/h2-6,11,14,16H,7-10,12,20H2,1H3,(H2,21,23,24,25)/t16-/m0/s1. The molecule has 0 bridgehead atoms. The molecule has 0 unspecified atom stereocenters. The van der Waals surface area contributed by atoms with Crippen molar-refractivity contribution in [3.63, 3.8) is 0 Å². The first-order valence-corrected chi connectivity index (χ1v) is 9.29. The Morgan fingerprint density at radius 2 is 2.00 bits per heavy atom. The van der Waals surface area contributed by atoms with Gasteiger partial charge >= 0.3 is 0 Å². The summed E-state index contributed by atoms with van der Waals surface area (Å²) < 4.78 is 7.20. The monoisotopic (exact) mass is 367 g/mol. The second-order valence-corrected chi connectivity index (χ2v) is 6.83. The van der Waals surface area contributed by atoms with Crippen LogP contribution < -0.4 is 16.4 Å². The summed E-state index contributed by atoms with van der Waals surface area (Å²) >= 11 is 0. The van der Waals surface area contributed by atoms with Crippen molar-refractivity contribution in [2.24, 2.45) is 12.8 Å². The van der Waals surface area contributed by atoms with Crippen LogP contribution in [0.4, 0.5) is 11.8 Å². The highest BCUT2D eigenvalue weighted by Gasteiger charge is 2.18. The Balaban J connectivity index is 1.54. The molecule has 0 amide bonds. The molecule has 27 heavy (non-hydrogen) atoms. The number of rotatable bonds is 6. The molecule has 1 saturated heterocycles.